The second-order valence-electron chi connectivity index (χ2n) is 5.16. The summed E-state index contributed by atoms with van der Waals surface area (Å²) in [5.74, 6) is 0.242. The van der Waals surface area contributed by atoms with Crippen LogP contribution in [-0.4, -0.2) is 35.3 Å². The Morgan fingerprint density at radius 3 is 2.89 bits per heavy atom. The molecule has 0 radical (unpaired) electrons. The Balaban J connectivity index is 1.73. The minimum Gasteiger partial charge on any atom is -0.317 e. The van der Waals surface area contributed by atoms with Crippen molar-refractivity contribution in [2.75, 3.05) is 24.5 Å². The third-order valence-electron chi connectivity index (χ3n) is 3.91. The van der Waals surface area contributed by atoms with Gasteiger partial charge in [0, 0.05) is 19.2 Å². The van der Waals surface area contributed by atoms with Crippen LogP contribution < -0.4 is 10.2 Å². The molecule has 5 heteroatoms. The first-order chi connectivity index (χ1) is 8.84. The SMILES string of the molecule is O=C1CCCCN1c1cnn(C2CCNCC2)c1. The van der Waals surface area contributed by atoms with E-state index in [2.05, 4.69) is 10.4 Å². The van der Waals surface area contributed by atoms with Gasteiger partial charge in [0.25, 0.3) is 0 Å². The summed E-state index contributed by atoms with van der Waals surface area (Å²) in [7, 11) is 0. The van der Waals surface area contributed by atoms with Gasteiger partial charge >= 0.3 is 0 Å². The molecule has 3 rings (SSSR count). The number of hydrogen-bond acceptors (Lipinski definition) is 3. The van der Waals surface area contributed by atoms with E-state index in [-0.39, 0.29) is 5.91 Å². The van der Waals surface area contributed by atoms with Crippen LogP contribution in [0.2, 0.25) is 0 Å². The molecule has 1 aromatic heterocycles. The molecule has 2 fully saturated rings. The van der Waals surface area contributed by atoms with Gasteiger partial charge in [0.15, 0.2) is 0 Å². The average molecular weight is 248 g/mol. The molecule has 5 nitrogen and oxygen atoms in total. The van der Waals surface area contributed by atoms with Gasteiger partial charge in [-0.1, -0.05) is 0 Å². The summed E-state index contributed by atoms with van der Waals surface area (Å²) >= 11 is 0. The quantitative estimate of drug-likeness (QED) is 0.859. The van der Waals surface area contributed by atoms with E-state index < -0.39 is 0 Å². The molecule has 1 N–H and O–H groups in total. The molecule has 98 valence electrons. The first kappa shape index (κ1) is 11.7. The number of piperidine rings is 2. The van der Waals surface area contributed by atoms with Gasteiger partial charge in [0.05, 0.1) is 17.9 Å². The number of aromatic nitrogens is 2. The molecule has 0 saturated carbocycles. The lowest BCUT2D eigenvalue weighted by Crippen LogP contribution is -2.35. The number of anilines is 1. The molecule has 0 aromatic carbocycles. The lowest BCUT2D eigenvalue weighted by molar-refractivity contribution is -0.119. The Morgan fingerprint density at radius 2 is 2.11 bits per heavy atom. The van der Waals surface area contributed by atoms with E-state index in [0.29, 0.717) is 12.5 Å². The number of nitrogens with zero attached hydrogens (tertiary/aromatic N) is 3. The molecular weight excluding hydrogens is 228 g/mol. The number of carbonyl (C=O) groups excluding carboxylic acids is 1. The van der Waals surface area contributed by atoms with E-state index in [9.17, 15) is 4.79 Å². The number of carbonyl (C=O) groups is 1. The Morgan fingerprint density at radius 1 is 1.28 bits per heavy atom. The smallest absolute Gasteiger partial charge is 0.227 e. The molecule has 0 bridgehead atoms. The Bertz CT molecular complexity index is 422. The normalized spacial score (nSPS) is 22.4. The van der Waals surface area contributed by atoms with Crippen molar-refractivity contribution in [3.8, 4) is 0 Å². The zero-order chi connectivity index (χ0) is 12.4. The maximum Gasteiger partial charge on any atom is 0.227 e. The van der Waals surface area contributed by atoms with Gasteiger partial charge in [-0.25, -0.2) is 0 Å². The maximum absolute atomic E-state index is 11.9. The summed E-state index contributed by atoms with van der Waals surface area (Å²) in [5.41, 5.74) is 0.971. The van der Waals surface area contributed by atoms with Gasteiger partial charge in [0.2, 0.25) is 5.91 Å². The first-order valence-corrected chi connectivity index (χ1v) is 6.90. The lowest BCUT2D eigenvalue weighted by atomic mass is 10.1. The molecular formula is C13H20N4O. The molecule has 0 spiro atoms. The van der Waals surface area contributed by atoms with Crippen LogP contribution in [0.5, 0.6) is 0 Å². The summed E-state index contributed by atoms with van der Waals surface area (Å²) in [6, 6.07) is 0.486. The highest BCUT2D eigenvalue weighted by molar-refractivity contribution is 5.93. The van der Waals surface area contributed by atoms with Gasteiger partial charge in [-0.3, -0.25) is 9.48 Å². The van der Waals surface area contributed by atoms with Crippen LogP contribution in [-0.2, 0) is 4.79 Å². The summed E-state index contributed by atoms with van der Waals surface area (Å²) in [6.07, 6.45) is 8.93. The molecule has 0 atom stereocenters. The summed E-state index contributed by atoms with van der Waals surface area (Å²) in [6.45, 7) is 2.96. The standard InChI is InChI=1S/C13H20N4O/c18-13-3-1-2-8-16(13)12-9-15-17(10-12)11-4-6-14-7-5-11/h9-11,14H,1-8H2. The highest BCUT2D eigenvalue weighted by Crippen LogP contribution is 2.24. The molecule has 18 heavy (non-hydrogen) atoms. The van der Waals surface area contributed by atoms with E-state index in [1.165, 1.54) is 0 Å². The van der Waals surface area contributed by atoms with Crippen molar-refractivity contribution in [1.82, 2.24) is 15.1 Å². The van der Waals surface area contributed by atoms with Gasteiger partial charge in [0.1, 0.15) is 0 Å². The van der Waals surface area contributed by atoms with Crippen LogP contribution in [0, 0.1) is 0 Å². The van der Waals surface area contributed by atoms with Gasteiger partial charge < -0.3 is 10.2 Å². The Labute approximate surface area is 107 Å². The maximum atomic E-state index is 11.9. The summed E-state index contributed by atoms with van der Waals surface area (Å²) < 4.78 is 2.04. The number of rotatable bonds is 2. The fraction of sp³-hybridized carbons (Fsp3) is 0.692. The summed E-state index contributed by atoms with van der Waals surface area (Å²) in [4.78, 5) is 13.7. The predicted octanol–water partition coefficient (Wildman–Crippen LogP) is 1.32. The Hall–Kier alpha value is -1.36. The number of hydrogen-bond donors (Lipinski definition) is 1. The van der Waals surface area contributed by atoms with Crippen molar-refractivity contribution in [3.63, 3.8) is 0 Å². The third kappa shape index (κ3) is 2.27. The molecule has 0 aliphatic carbocycles. The fourth-order valence-electron chi connectivity index (χ4n) is 2.82. The van der Waals surface area contributed by atoms with Gasteiger partial charge in [-0.05, 0) is 38.8 Å². The van der Waals surface area contributed by atoms with Gasteiger partial charge in [-0.2, -0.15) is 5.10 Å². The van der Waals surface area contributed by atoms with Crippen molar-refractivity contribution < 1.29 is 4.79 Å². The van der Waals surface area contributed by atoms with E-state index in [4.69, 9.17) is 0 Å². The van der Waals surface area contributed by atoms with Crippen LogP contribution in [0.15, 0.2) is 12.4 Å². The van der Waals surface area contributed by atoms with Crippen molar-refractivity contribution in [2.24, 2.45) is 0 Å². The van der Waals surface area contributed by atoms with Gasteiger partial charge in [-0.15, -0.1) is 0 Å². The highest BCUT2D eigenvalue weighted by Gasteiger charge is 2.22. The van der Waals surface area contributed by atoms with E-state index in [1.54, 1.807) is 0 Å². The highest BCUT2D eigenvalue weighted by atomic mass is 16.2. The third-order valence-corrected chi connectivity index (χ3v) is 3.91. The number of nitrogens with one attached hydrogen (secondary N) is 1. The van der Waals surface area contributed by atoms with Crippen LogP contribution in [0.25, 0.3) is 0 Å². The molecule has 2 aliphatic rings. The van der Waals surface area contributed by atoms with E-state index in [1.807, 2.05) is 22.0 Å². The lowest BCUT2D eigenvalue weighted by Gasteiger charge is -2.25. The second-order valence-corrected chi connectivity index (χ2v) is 5.16. The summed E-state index contributed by atoms with van der Waals surface area (Å²) in [5, 5.41) is 7.80. The predicted molar refractivity (Wildman–Crippen MR) is 69.6 cm³/mol. The van der Waals surface area contributed by atoms with Crippen LogP contribution in [0.4, 0.5) is 5.69 Å². The van der Waals surface area contributed by atoms with Crippen molar-refractivity contribution >= 4 is 11.6 Å². The molecule has 0 unspecified atom stereocenters. The Kier molecular flexibility index (Phi) is 3.32. The topological polar surface area (TPSA) is 50.2 Å². The van der Waals surface area contributed by atoms with Crippen molar-refractivity contribution in [1.29, 1.82) is 0 Å². The van der Waals surface area contributed by atoms with Crippen LogP contribution >= 0.6 is 0 Å². The van der Waals surface area contributed by atoms with Crippen molar-refractivity contribution in [2.45, 2.75) is 38.1 Å². The minimum absolute atomic E-state index is 0.242. The molecule has 1 amide bonds. The molecule has 2 aliphatic heterocycles. The minimum atomic E-state index is 0.242. The molecule has 2 saturated heterocycles. The van der Waals surface area contributed by atoms with Crippen LogP contribution in [0.1, 0.15) is 38.1 Å². The van der Waals surface area contributed by atoms with E-state index >= 15 is 0 Å². The molecule has 1 aromatic rings. The first-order valence-electron chi connectivity index (χ1n) is 6.90. The van der Waals surface area contributed by atoms with E-state index in [0.717, 1.165) is 51.0 Å². The fourth-order valence-corrected chi connectivity index (χ4v) is 2.82. The monoisotopic (exact) mass is 248 g/mol. The van der Waals surface area contributed by atoms with Crippen LogP contribution in [0.3, 0.4) is 0 Å². The largest absolute Gasteiger partial charge is 0.317 e. The zero-order valence-electron chi connectivity index (χ0n) is 10.6. The molecule has 3 heterocycles. The average Bonchev–Trinajstić information content (AvgIpc) is 2.90. The second kappa shape index (κ2) is 5.10. The zero-order valence-corrected chi connectivity index (χ0v) is 10.6. The number of amides is 1. The van der Waals surface area contributed by atoms with Crippen molar-refractivity contribution in [3.05, 3.63) is 12.4 Å².